The van der Waals surface area contributed by atoms with Gasteiger partial charge in [-0.1, -0.05) is 157 Å². The van der Waals surface area contributed by atoms with Crippen molar-refractivity contribution in [3.05, 3.63) is 180 Å². The van der Waals surface area contributed by atoms with Crippen molar-refractivity contribution in [2.24, 2.45) is 0 Å². The van der Waals surface area contributed by atoms with Gasteiger partial charge in [-0.2, -0.15) is 0 Å². The molecule has 0 atom stereocenters. The molecular weight excluding hydrogens is 525 g/mol. The molecule has 7 aromatic carbocycles. The van der Waals surface area contributed by atoms with E-state index >= 15 is 0 Å². The second-order valence-corrected chi connectivity index (χ2v) is 12.3. The molecule has 1 heterocycles. The highest BCUT2D eigenvalue weighted by molar-refractivity contribution is 7.99. The topological polar surface area (TPSA) is 0 Å². The molecule has 1 aliphatic heterocycles. The molecule has 0 radical (unpaired) electrons. The molecule has 0 amide bonds. The third kappa shape index (κ3) is 3.20. The van der Waals surface area contributed by atoms with Crippen LogP contribution in [-0.4, -0.2) is 0 Å². The number of fused-ring (bicyclic) bond motifs is 5. The largest absolute Gasteiger partial charge is 0.0888 e. The summed E-state index contributed by atoms with van der Waals surface area (Å²) >= 11 is 1.89. The van der Waals surface area contributed by atoms with Gasteiger partial charge in [-0.3, -0.25) is 0 Å². The molecule has 0 aromatic heterocycles. The Morgan fingerprint density at radius 1 is 0.381 bits per heavy atom. The molecule has 7 aromatic rings. The third-order valence-corrected chi connectivity index (χ3v) is 10.3. The van der Waals surface area contributed by atoms with Crippen molar-refractivity contribution >= 4 is 22.5 Å². The van der Waals surface area contributed by atoms with E-state index in [9.17, 15) is 0 Å². The third-order valence-electron chi connectivity index (χ3n) is 9.16. The lowest BCUT2D eigenvalue weighted by atomic mass is 9.66. The molecule has 2 aliphatic rings. The van der Waals surface area contributed by atoms with Gasteiger partial charge in [0.2, 0.25) is 0 Å². The predicted octanol–water partition coefficient (Wildman–Crippen LogP) is 11.0. The van der Waals surface area contributed by atoms with Crippen LogP contribution >= 0.6 is 11.8 Å². The monoisotopic (exact) mass is 550 g/mol. The van der Waals surface area contributed by atoms with E-state index in [1.807, 2.05) is 11.8 Å². The van der Waals surface area contributed by atoms with Gasteiger partial charge in [0.25, 0.3) is 0 Å². The van der Waals surface area contributed by atoms with Crippen LogP contribution in [0.15, 0.2) is 168 Å². The molecule has 0 unspecified atom stereocenters. The maximum atomic E-state index is 2.42. The molecule has 196 valence electrons. The molecule has 0 spiro atoms. The molecule has 0 fully saturated rings. The average molecular weight is 551 g/mol. The Balaban J connectivity index is 1.32. The fourth-order valence-corrected chi connectivity index (χ4v) is 8.66. The van der Waals surface area contributed by atoms with E-state index in [1.54, 1.807) is 0 Å². The first-order valence-corrected chi connectivity index (χ1v) is 15.3. The standard InChI is InChI=1S/C41H26S/c1-2-14-29(15-3-1)41(36-21-8-5-17-31(36)32-18-6-9-22-37(32)41)35-20-7-4-16-30(35)28-24-25-33-34-19-10-12-27-13-11-23-38(40(27)34)42-39(33)26-28/h1-26H. The molecule has 0 saturated carbocycles. The summed E-state index contributed by atoms with van der Waals surface area (Å²) < 4.78 is 0. The minimum absolute atomic E-state index is 0.424. The van der Waals surface area contributed by atoms with Gasteiger partial charge in [-0.25, -0.2) is 0 Å². The van der Waals surface area contributed by atoms with E-state index in [0.29, 0.717) is 0 Å². The summed E-state index contributed by atoms with van der Waals surface area (Å²) in [5.74, 6) is 0. The number of hydrogen-bond donors (Lipinski definition) is 0. The molecule has 0 nitrogen and oxygen atoms in total. The van der Waals surface area contributed by atoms with Crippen LogP contribution < -0.4 is 0 Å². The second-order valence-electron chi connectivity index (χ2n) is 11.2. The van der Waals surface area contributed by atoms with Crippen LogP contribution in [0, 0.1) is 0 Å². The zero-order chi connectivity index (χ0) is 27.7. The molecule has 1 aliphatic carbocycles. The first kappa shape index (κ1) is 23.8. The fourth-order valence-electron chi connectivity index (χ4n) is 7.47. The Kier molecular flexibility index (Phi) is 5.15. The maximum Gasteiger partial charge on any atom is 0.0719 e. The van der Waals surface area contributed by atoms with Gasteiger partial charge < -0.3 is 0 Å². The first-order chi connectivity index (χ1) is 20.8. The first-order valence-electron chi connectivity index (χ1n) is 14.5. The van der Waals surface area contributed by atoms with Gasteiger partial charge in [0, 0.05) is 15.2 Å². The summed E-state index contributed by atoms with van der Waals surface area (Å²) in [5.41, 5.74) is 12.7. The predicted molar refractivity (Wildman–Crippen MR) is 176 cm³/mol. The van der Waals surface area contributed by atoms with Gasteiger partial charge >= 0.3 is 0 Å². The van der Waals surface area contributed by atoms with Crippen LogP contribution in [0.4, 0.5) is 0 Å². The number of benzene rings is 7. The lowest BCUT2D eigenvalue weighted by Crippen LogP contribution is -2.29. The molecule has 0 N–H and O–H groups in total. The highest BCUT2D eigenvalue weighted by Crippen LogP contribution is 2.58. The van der Waals surface area contributed by atoms with Gasteiger partial charge in [-0.05, 0) is 73.2 Å². The molecule has 9 rings (SSSR count). The van der Waals surface area contributed by atoms with E-state index in [-0.39, 0.29) is 0 Å². The van der Waals surface area contributed by atoms with Crippen LogP contribution in [0.1, 0.15) is 22.3 Å². The van der Waals surface area contributed by atoms with E-state index in [1.165, 1.54) is 76.2 Å². The van der Waals surface area contributed by atoms with Crippen molar-refractivity contribution in [1.29, 1.82) is 0 Å². The maximum absolute atomic E-state index is 2.42. The van der Waals surface area contributed by atoms with Crippen LogP contribution in [0.5, 0.6) is 0 Å². The average Bonchev–Trinajstić information content (AvgIpc) is 3.36. The molecule has 0 bridgehead atoms. The summed E-state index contributed by atoms with van der Waals surface area (Å²) in [6.07, 6.45) is 0. The van der Waals surface area contributed by atoms with Gasteiger partial charge in [0.05, 0.1) is 5.41 Å². The highest BCUT2D eigenvalue weighted by atomic mass is 32.2. The SMILES string of the molecule is c1ccc(C2(c3ccccc3-c3ccc4c(c3)Sc3cccc5cccc-4c35)c3ccccc3-c3ccccc32)cc1. The van der Waals surface area contributed by atoms with Crippen molar-refractivity contribution in [2.75, 3.05) is 0 Å². The Bertz CT molecular complexity index is 2120. The minimum Gasteiger partial charge on any atom is -0.0888 e. The highest BCUT2D eigenvalue weighted by Gasteiger charge is 2.46. The van der Waals surface area contributed by atoms with Gasteiger partial charge in [-0.15, -0.1) is 0 Å². The molecule has 0 saturated heterocycles. The van der Waals surface area contributed by atoms with Crippen LogP contribution in [0.2, 0.25) is 0 Å². The second kappa shape index (κ2) is 9.08. The Morgan fingerprint density at radius 2 is 0.952 bits per heavy atom. The quantitative estimate of drug-likeness (QED) is 0.211. The van der Waals surface area contributed by atoms with Crippen molar-refractivity contribution in [3.8, 4) is 33.4 Å². The smallest absolute Gasteiger partial charge is 0.0719 e. The van der Waals surface area contributed by atoms with E-state index in [4.69, 9.17) is 0 Å². The van der Waals surface area contributed by atoms with Crippen molar-refractivity contribution in [2.45, 2.75) is 15.2 Å². The van der Waals surface area contributed by atoms with Crippen LogP contribution in [-0.2, 0) is 5.41 Å². The summed E-state index contributed by atoms with van der Waals surface area (Å²) in [6.45, 7) is 0. The summed E-state index contributed by atoms with van der Waals surface area (Å²) in [7, 11) is 0. The molecule has 1 heteroatoms. The number of rotatable bonds is 3. The zero-order valence-electron chi connectivity index (χ0n) is 22.9. The lowest BCUT2D eigenvalue weighted by molar-refractivity contribution is 0.770. The Morgan fingerprint density at radius 3 is 1.67 bits per heavy atom. The normalized spacial score (nSPS) is 13.8. The van der Waals surface area contributed by atoms with Crippen molar-refractivity contribution < 1.29 is 0 Å². The van der Waals surface area contributed by atoms with E-state index in [0.717, 1.165) is 0 Å². The van der Waals surface area contributed by atoms with E-state index in [2.05, 4.69) is 158 Å². The van der Waals surface area contributed by atoms with E-state index < -0.39 is 5.41 Å². The molecule has 42 heavy (non-hydrogen) atoms. The van der Waals surface area contributed by atoms with Crippen molar-refractivity contribution in [3.63, 3.8) is 0 Å². The van der Waals surface area contributed by atoms with Crippen LogP contribution in [0.3, 0.4) is 0 Å². The minimum atomic E-state index is -0.424. The van der Waals surface area contributed by atoms with Gasteiger partial charge in [0.1, 0.15) is 0 Å². The van der Waals surface area contributed by atoms with Crippen molar-refractivity contribution in [1.82, 2.24) is 0 Å². The van der Waals surface area contributed by atoms with Crippen LogP contribution in [0.25, 0.3) is 44.2 Å². The summed E-state index contributed by atoms with van der Waals surface area (Å²) in [5, 5.41) is 2.67. The fraction of sp³-hybridized carbons (Fsp3) is 0.0244. The van der Waals surface area contributed by atoms with Gasteiger partial charge in [0.15, 0.2) is 0 Å². The lowest BCUT2D eigenvalue weighted by Gasteiger charge is -2.35. The zero-order valence-corrected chi connectivity index (χ0v) is 23.7. The molecular formula is C41H26S. The summed E-state index contributed by atoms with van der Waals surface area (Å²) in [6, 6.07) is 58.5. The Hall–Kier alpha value is -4.85. The number of hydrogen-bond acceptors (Lipinski definition) is 1. The Labute approximate surface area is 250 Å². The summed E-state index contributed by atoms with van der Waals surface area (Å²) in [4.78, 5) is 2.65.